The number of thiophene rings is 1. The summed E-state index contributed by atoms with van der Waals surface area (Å²) in [7, 11) is -3.32. The fourth-order valence-electron chi connectivity index (χ4n) is 2.21. The Hall–Kier alpha value is -2.06. The molecule has 6 nitrogen and oxygen atoms in total. The Morgan fingerprint density at radius 1 is 1.25 bits per heavy atom. The van der Waals surface area contributed by atoms with Crippen molar-refractivity contribution in [3.05, 3.63) is 52.2 Å². The number of nitrogens with one attached hydrogen (secondary N) is 3. The molecule has 1 aromatic carbocycles. The molecule has 8 heteroatoms. The van der Waals surface area contributed by atoms with Crippen molar-refractivity contribution in [1.82, 2.24) is 10.6 Å². The maximum atomic E-state index is 12.1. The molecule has 1 heterocycles. The fraction of sp³-hybridized carbons (Fsp3) is 0.312. The van der Waals surface area contributed by atoms with Crippen LogP contribution >= 0.6 is 11.3 Å². The molecule has 3 N–H and O–H groups in total. The Morgan fingerprint density at radius 2 is 2.04 bits per heavy atom. The average Bonchev–Trinajstić information content (AvgIpc) is 3.03. The molecule has 0 saturated carbocycles. The van der Waals surface area contributed by atoms with Crippen molar-refractivity contribution in [2.45, 2.75) is 25.9 Å². The van der Waals surface area contributed by atoms with Crippen molar-refractivity contribution in [3.8, 4) is 0 Å². The Bertz CT molecular complexity index is 774. The van der Waals surface area contributed by atoms with Crippen molar-refractivity contribution in [3.63, 3.8) is 0 Å². The highest BCUT2D eigenvalue weighted by atomic mass is 32.2. The molecular formula is C16H21N3O3S2. The maximum Gasteiger partial charge on any atom is 0.315 e. The van der Waals surface area contributed by atoms with Crippen LogP contribution in [0.3, 0.4) is 0 Å². The number of anilines is 1. The largest absolute Gasteiger partial charge is 0.334 e. The minimum absolute atomic E-state index is 0.0109. The second kappa shape index (κ2) is 8.16. The van der Waals surface area contributed by atoms with E-state index in [0.717, 1.165) is 23.1 Å². The van der Waals surface area contributed by atoms with Crippen molar-refractivity contribution in [1.29, 1.82) is 0 Å². The topological polar surface area (TPSA) is 87.3 Å². The summed E-state index contributed by atoms with van der Waals surface area (Å²) in [5, 5.41) is 7.72. The van der Waals surface area contributed by atoms with Gasteiger partial charge in [0, 0.05) is 17.1 Å². The van der Waals surface area contributed by atoms with Gasteiger partial charge in [0.25, 0.3) is 0 Å². The summed E-state index contributed by atoms with van der Waals surface area (Å²) in [4.78, 5) is 13.2. The van der Waals surface area contributed by atoms with Crippen LogP contribution in [-0.2, 0) is 16.6 Å². The second-order valence-electron chi connectivity index (χ2n) is 5.38. The van der Waals surface area contributed by atoms with E-state index in [1.54, 1.807) is 29.5 Å². The molecular weight excluding hydrogens is 346 g/mol. The van der Waals surface area contributed by atoms with Crippen LogP contribution in [0.1, 0.15) is 29.8 Å². The van der Waals surface area contributed by atoms with Gasteiger partial charge < -0.3 is 10.6 Å². The summed E-state index contributed by atoms with van der Waals surface area (Å²) in [6.07, 6.45) is 1.91. The molecule has 1 aromatic heterocycles. The van der Waals surface area contributed by atoms with E-state index >= 15 is 0 Å². The van der Waals surface area contributed by atoms with Gasteiger partial charge >= 0.3 is 6.03 Å². The van der Waals surface area contributed by atoms with Gasteiger partial charge in [0.15, 0.2) is 0 Å². The van der Waals surface area contributed by atoms with Crippen molar-refractivity contribution in [2.75, 3.05) is 11.0 Å². The first-order chi connectivity index (χ1) is 11.4. The van der Waals surface area contributed by atoms with Gasteiger partial charge in [0.2, 0.25) is 10.0 Å². The van der Waals surface area contributed by atoms with Crippen molar-refractivity contribution in [2.24, 2.45) is 0 Å². The standard InChI is InChI=1S/C16H21N3O3S2/c1-3-14(15-8-5-9-23-15)18-16(20)17-11-12-6-4-7-13(10-12)19-24(2,21)22/h4-10,14,19H,3,11H2,1-2H3,(H2,17,18,20). The zero-order valence-electron chi connectivity index (χ0n) is 13.6. The van der Waals surface area contributed by atoms with Crippen LogP contribution in [0.5, 0.6) is 0 Å². The molecule has 0 fully saturated rings. The number of benzene rings is 1. The van der Waals surface area contributed by atoms with Crippen LogP contribution in [0.2, 0.25) is 0 Å². The van der Waals surface area contributed by atoms with Gasteiger partial charge in [0.1, 0.15) is 0 Å². The zero-order chi connectivity index (χ0) is 17.6. The molecule has 0 bridgehead atoms. The quantitative estimate of drug-likeness (QED) is 0.703. The number of sulfonamides is 1. The summed E-state index contributed by atoms with van der Waals surface area (Å²) in [5.74, 6) is 0. The average molecular weight is 367 g/mol. The molecule has 0 saturated heterocycles. The minimum Gasteiger partial charge on any atom is -0.334 e. The first-order valence-corrected chi connectivity index (χ1v) is 10.3. The fourth-order valence-corrected chi connectivity index (χ4v) is 3.63. The van der Waals surface area contributed by atoms with Gasteiger partial charge in [-0.3, -0.25) is 4.72 Å². The Morgan fingerprint density at radius 3 is 2.67 bits per heavy atom. The lowest BCUT2D eigenvalue weighted by molar-refractivity contribution is 0.236. The van der Waals surface area contributed by atoms with Crippen LogP contribution in [0.15, 0.2) is 41.8 Å². The highest BCUT2D eigenvalue weighted by Gasteiger charge is 2.13. The third-order valence-corrected chi connectivity index (χ3v) is 4.88. The lowest BCUT2D eigenvalue weighted by atomic mass is 10.2. The number of carbonyl (C=O) groups is 1. The first kappa shape index (κ1) is 18.3. The molecule has 2 rings (SSSR count). The minimum atomic E-state index is -3.32. The molecule has 130 valence electrons. The lowest BCUT2D eigenvalue weighted by Gasteiger charge is -2.16. The van der Waals surface area contributed by atoms with Crippen molar-refractivity contribution < 1.29 is 13.2 Å². The number of amides is 2. The highest BCUT2D eigenvalue weighted by Crippen LogP contribution is 2.21. The lowest BCUT2D eigenvalue weighted by Crippen LogP contribution is -2.37. The number of rotatable bonds is 7. The van der Waals surface area contributed by atoms with Crippen LogP contribution in [-0.4, -0.2) is 20.7 Å². The molecule has 0 radical (unpaired) electrons. The highest BCUT2D eigenvalue weighted by molar-refractivity contribution is 7.92. The summed E-state index contributed by atoms with van der Waals surface area (Å²) >= 11 is 1.61. The molecule has 2 amide bonds. The summed E-state index contributed by atoms with van der Waals surface area (Å²) in [6.45, 7) is 2.33. The van der Waals surface area contributed by atoms with E-state index in [4.69, 9.17) is 0 Å². The Labute approximate surface area is 146 Å². The van der Waals surface area contributed by atoms with Crippen molar-refractivity contribution >= 4 is 33.1 Å². The SMILES string of the molecule is CCC(NC(=O)NCc1cccc(NS(C)(=O)=O)c1)c1cccs1. The van der Waals surface area contributed by atoms with Gasteiger partial charge in [-0.15, -0.1) is 11.3 Å². The van der Waals surface area contributed by atoms with E-state index in [0.29, 0.717) is 12.2 Å². The molecule has 0 aliphatic heterocycles. The van der Waals surface area contributed by atoms with E-state index in [1.807, 2.05) is 30.5 Å². The molecule has 2 aromatic rings. The van der Waals surface area contributed by atoms with Crippen LogP contribution in [0.25, 0.3) is 0 Å². The summed E-state index contributed by atoms with van der Waals surface area (Å²) in [5.41, 5.74) is 1.28. The zero-order valence-corrected chi connectivity index (χ0v) is 15.2. The summed E-state index contributed by atoms with van der Waals surface area (Å²) < 4.78 is 24.9. The molecule has 24 heavy (non-hydrogen) atoms. The smallest absolute Gasteiger partial charge is 0.315 e. The van der Waals surface area contributed by atoms with E-state index in [2.05, 4.69) is 15.4 Å². The van der Waals surface area contributed by atoms with Crippen LogP contribution < -0.4 is 15.4 Å². The molecule has 1 unspecified atom stereocenters. The second-order valence-corrected chi connectivity index (χ2v) is 8.11. The summed E-state index contributed by atoms with van der Waals surface area (Å²) in [6, 6.07) is 10.6. The first-order valence-electron chi connectivity index (χ1n) is 7.52. The van der Waals surface area contributed by atoms with Crippen LogP contribution in [0.4, 0.5) is 10.5 Å². The normalized spacial score (nSPS) is 12.4. The molecule has 0 aliphatic rings. The predicted molar refractivity (Wildman–Crippen MR) is 97.6 cm³/mol. The van der Waals surface area contributed by atoms with Gasteiger partial charge in [-0.05, 0) is 35.6 Å². The van der Waals surface area contributed by atoms with Gasteiger partial charge in [-0.25, -0.2) is 13.2 Å². The van der Waals surface area contributed by atoms with Gasteiger partial charge in [-0.2, -0.15) is 0 Å². The molecule has 0 aliphatic carbocycles. The van der Waals surface area contributed by atoms with E-state index in [-0.39, 0.29) is 12.1 Å². The molecule has 0 spiro atoms. The van der Waals surface area contributed by atoms with E-state index < -0.39 is 10.0 Å². The number of hydrogen-bond donors (Lipinski definition) is 3. The molecule has 1 atom stereocenters. The number of urea groups is 1. The van der Waals surface area contributed by atoms with Gasteiger partial charge in [-0.1, -0.05) is 25.1 Å². The third-order valence-electron chi connectivity index (χ3n) is 3.28. The monoisotopic (exact) mass is 367 g/mol. The number of hydrogen-bond acceptors (Lipinski definition) is 4. The van der Waals surface area contributed by atoms with E-state index in [1.165, 1.54) is 0 Å². The Kier molecular flexibility index (Phi) is 6.22. The third kappa shape index (κ3) is 5.86. The van der Waals surface area contributed by atoms with Crippen LogP contribution in [0, 0.1) is 0 Å². The number of carbonyl (C=O) groups excluding carboxylic acids is 1. The van der Waals surface area contributed by atoms with Gasteiger partial charge in [0.05, 0.1) is 12.3 Å². The predicted octanol–water partition coefficient (Wildman–Crippen LogP) is 3.07. The maximum absolute atomic E-state index is 12.1. The Balaban J connectivity index is 1.90. The van der Waals surface area contributed by atoms with E-state index in [9.17, 15) is 13.2 Å².